The fraction of sp³-hybridized carbons (Fsp3) is 0.318. The Morgan fingerprint density at radius 2 is 1.77 bits per heavy atom. The molecule has 0 spiro atoms. The lowest BCUT2D eigenvalue weighted by atomic mass is 10.1. The Bertz CT molecular complexity index is 933. The number of benzene rings is 2. The van der Waals surface area contributed by atoms with Gasteiger partial charge < -0.3 is 19.7 Å². The van der Waals surface area contributed by atoms with Crippen LogP contribution in [0.25, 0.3) is 0 Å². The summed E-state index contributed by atoms with van der Waals surface area (Å²) in [7, 11) is 1.48. The number of urea groups is 1. The first-order chi connectivity index (χ1) is 14.9. The minimum atomic E-state index is -0.990. The molecule has 2 aromatic rings. The zero-order valence-corrected chi connectivity index (χ0v) is 17.3. The standard InChI is InChI=1S/C22H24FN3O5/c1-3-31-18-10-6-16(7-11-18)24-20(27)14-19-21(28)26(17-8-4-15(23)5-9-17)22(29)25(19)12-13-30-2/h4-11,19H,3,12-14H2,1-2H3,(H,24,27)/t19-/m0/s1. The first-order valence-corrected chi connectivity index (χ1v) is 9.86. The highest BCUT2D eigenvalue weighted by atomic mass is 19.1. The monoisotopic (exact) mass is 429 g/mol. The summed E-state index contributed by atoms with van der Waals surface area (Å²) in [5, 5.41) is 2.73. The second kappa shape index (κ2) is 10.0. The first-order valence-electron chi connectivity index (χ1n) is 9.86. The van der Waals surface area contributed by atoms with Gasteiger partial charge in [-0.2, -0.15) is 0 Å². The lowest BCUT2D eigenvalue weighted by Gasteiger charge is -2.21. The van der Waals surface area contributed by atoms with Gasteiger partial charge in [0, 0.05) is 19.3 Å². The molecule has 8 nitrogen and oxygen atoms in total. The quantitative estimate of drug-likeness (QED) is 0.619. The zero-order chi connectivity index (χ0) is 22.4. The van der Waals surface area contributed by atoms with E-state index in [9.17, 15) is 18.8 Å². The van der Waals surface area contributed by atoms with Crippen molar-refractivity contribution in [3.63, 3.8) is 0 Å². The molecule has 0 aliphatic carbocycles. The van der Waals surface area contributed by atoms with E-state index >= 15 is 0 Å². The third-order valence-corrected chi connectivity index (χ3v) is 4.77. The molecule has 3 rings (SSSR count). The fourth-order valence-corrected chi connectivity index (χ4v) is 3.29. The predicted octanol–water partition coefficient (Wildman–Crippen LogP) is 3.04. The largest absolute Gasteiger partial charge is 0.494 e. The number of methoxy groups -OCH3 is 1. The van der Waals surface area contributed by atoms with Gasteiger partial charge in [-0.15, -0.1) is 0 Å². The highest BCUT2D eigenvalue weighted by Crippen LogP contribution is 2.27. The van der Waals surface area contributed by atoms with E-state index < -0.39 is 29.7 Å². The molecule has 0 bridgehead atoms. The van der Waals surface area contributed by atoms with Crippen LogP contribution in [-0.4, -0.2) is 55.7 Å². The van der Waals surface area contributed by atoms with Crippen LogP contribution in [0.1, 0.15) is 13.3 Å². The maximum absolute atomic E-state index is 13.3. The lowest BCUT2D eigenvalue weighted by molar-refractivity contribution is -0.124. The van der Waals surface area contributed by atoms with Crippen LogP contribution in [0.5, 0.6) is 5.75 Å². The molecule has 0 unspecified atom stereocenters. The number of nitrogens with one attached hydrogen (secondary N) is 1. The predicted molar refractivity (Wildman–Crippen MR) is 113 cm³/mol. The van der Waals surface area contributed by atoms with Crippen molar-refractivity contribution in [2.45, 2.75) is 19.4 Å². The van der Waals surface area contributed by atoms with Gasteiger partial charge in [0.15, 0.2) is 0 Å². The molecule has 1 aliphatic rings. The smallest absolute Gasteiger partial charge is 0.332 e. The summed E-state index contributed by atoms with van der Waals surface area (Å²) in [5.41, 5.74) is 0.789. The van der Waals surface area contributed by atoms with E-state index in [4.69, 9.17) is 9.47 Å². The van der Waals surface area contributed by atoms with Gasteiger partial charge in [-0.3, -0.25) is 9.59 Å². The molecule has 1 aliphatic heterocycles. The number of hydrogen-bond donors (Lipinski definition) is 1. The fourth-order valence-electron chi connectivity index (χ4n) is 3.29. The molecular weight excluding hydrogens is 405 g/mol. The molecule has 1 saturated heterocycles. The third-order valence-electron chi connectivity index (χ3n) is 4.77. The molecule has 164 valence electrons. The van der Waals surface area contributed by atoms with Crippen LogP contribution >= 0.6 is 0 Å². The molecule has 1 heterocycles. The second-order valence-corrected chi connectivity index (χ2v) is 6.84. The first kappa shape index (κ1) is 22.2. The SMILES string of the molecule is CCOc1ccc(NC(=O)C[C@H]2C(=O)N(c3ccc(F)cc3)C(=O)N2CCOC)cc1. The van der Waals surface area contributed by atoms with E-state index in [0.29, 0.717) is 18.0 Å². The van der Waals surface area contributed by atoms with Gasteiger partial charge >= 0.3 is 6.03 Å². The van der Waals surface area contributed by atoms with Crippen LogP contribution < -0.4 is 15.0 Å². The van der Waals surface area contributed by atoms with Crippen molar-refractivity contribution in [1.29, 1.82) is 0 Å². The Morgan fingerprint density at radius 3 is 2.39 bits per heavy atom. The Kier molecular flexibility index (Phi) is 7.19. The van der Waals surface area contributed by atoms with Crippen LogP contribution in [-0.2, 0) is 14.3 Å². The van der Waals surface area contributed by atoms with E-state index in [0.717, 1.165) is 4.90 Å². The van der Waals surface area contributed by atoms with E-state index in [1.807, 2.05) is 6.92 Å². The summed E-state index contributed by atoms with van der Waals surface area (Å²) < 4.78 is 23.7. The summed E-state index contributed by atoms with van der Waals surface area (Å²) in [6.07, 6.45) is -0.223. The highest BCUT2D eigenvalue weighted by molar-refractivity contribution is 6.22. The Morgan fingerprint density at radius 1 is 1.10 bits per heavy atom. The minimum Gasteiger partial charge on any atom is -0.494 e. The van der Waals surface area contributed by atoms with Gasteiger partial charge in [0.25, 0.3) is 5.91 Å². The summed E-state index contributed by atoms with van der Waals surface area (Å²) >= 11 is 0. The Labute approximate surface area is 179 Å². The Balaban J connectivity index is 1.74. The maximum Gasteiger partial charge on any atom is 0.332 e. The zero-order valence-electron chi connectivity index (χ0n) is 17.3. The van der Waals surface area contributed by atoms with Crippen molar-refractivity contribution in [3.05, 3.63) is 54.3 Å². The lowest BCUT2D eigenvalue weighted by Crippen LogP contribution is -2.39. The molecule has 9 heteroatoms. The van der Waals surface area contributed by atoms with Gasteiger partial charge in [-0.1, -0.05) is 0 Å². The van der Waals surface area contributed by atoms with Gasteiger partial charge in [-0.25, -0.2) is 14.1 Å². The summed E-state index contributed by atoms with van der Waals surface area (Å²) in [6, 6.07) is 10.3. The van der Waals surface area contributed by atoms with Crippen LogP contribution in [0.4, 0.5) is 20.6 Å². The number of halogens is 1. The summed E-state index contributed by atoms with van der Waals surface area (Å²) in [6.45, 7) is 2.75. The Hall–Kier alpha value is -3.46. The van der Waals surface area contributed by atoms with E-state index in [1.54, 1.807) is 24.3 Å². The number of anilines is 2. The molecule has 0 saturated carbocycles. The van der Waals surface area contributed by atoms with Gasteiger partial charge in [0.2, 0.25) is 5.91 Å². The third kappa shape index (κ3) is 5.18. The number of carbonyl (C=O) groups is 3. The van der Waals surface area contributed by atoms with E-state index in [2.05, 4.69) is 5.32 Å². The summed E-state index contributed by atoms with van der Waals surface area (Å²) in [5.74, 6) is -0.767. The van der Waals surface area contributed by atoms with Crippen LogP contribution in [0.15, 0.2) is 48.5 Å². The molecule has 0 aromatic heterocycles. The van der Waals surface area contributed by atoms with Gasteiger partial charge in [0.1, 0.15) is 17.6 Å². The molecule has 1 fully saturated rings. The average molecular weight is 429 g/mol. The van der Waals surface area contributed by atoms with Crippen molar-refractivity contribution in [2.75, 3.05) is 37.1 Å². The van der Waals surface area contributed by atoms with Crippen molar-refractivity contribution >= 4 is 29.2 Å². The average Bonchev–Trinajstić information content (AvgIpc) is 2.98. The van der Waals surface area contributed by atoms with Gasteiger partial charge in [0.05, 0.1) is 25.3 Å². The molecule has 0 radical (unpaired) electrons. The number of hydrogen-bond acceptors (Lipinski definition) is 5. The van der Waals surface area contributed by atoms with Gasteiger partial charge in [-0.05, 0) is 55.5 Å². The van der Waals surface area contributed by atoms with Crippen LogP contribution in [0.2, 0.25) is 0 Å². The minimum absolute atomic E-state index is 0.139. The normalized spacial score (nSPS) is 16.0. The molecule has 2 aromatic carbocycles. The van der Waals surface area contributed by atoms with Crippen molar-refractivity contribution in [1.82, 2.24) is 4.90 Å². The van der Waals surface area contributed by atoms with Crippen molar-refractivity contribution in [2.24, 2.45) is 0 Å². The molecular formula is C22H24FN3O5. The van der Waals surface area contributed by atoms with Crippen molar-refractivity contribution in [3.8, 4) is 5.75 Å². The number of nitrogens with zero attached hydrogens (tertiary/aromatic N) is 2. The molecule has 31 heavy (non-hydrogen) atoms. The maximum atomic E-state index is 13.3. The van der Waals surface area contributed by atoms with Crippen molar-refractivity contribution < 1.29 is 28.2 Å². The molecule has 1 atom stereocenters. The topological polar surface area (TPSA) is 88.2 Å². The van der Waals surface area contributed by atoms with Crippen LogP contribution in [0, 0.1) is 5.82 Å². The number of amides is 4. The molecule has 1 N–H and O–H groups in total. The van der Waals surface area contributed by atoms with E-state index in [1.165, 1.54) is 36.3 Å². The number of ether oxygens (including phenoxy) is 2. The number of rotatable bonds is 9. The second-order valence-electron chi connectivity index (χ2n) is 6.84. The number of imide groups is 1. The highest BCUT2D eigenvalue weighted by Gasteiger charge is 2.46. The summed E-state index contributed by atoms with van der Waals surface area (Å²) in [4.78, 5) is 40.8. The molecule has 4 amide bonds. The van der Waals surface area contributed by atoms with E-state index in [-0.39, 0.29) is 25.3 Å². The van der Waals surface area contributed by atoms with Crippen LogP contribution in [0.3, 0.4) is 0 Å². The number of carbonyl (C=O) groups excluding carboxylic acids is 3.